The molecular weight excluding hydrogens is 304 g/mol. The topological polar surface area (TPSA) is 35.5 Å². The van der Waals surface area contributed by atoms with Gasteiger partial charge in [0.05, 0.1) is 20.2 Å². The summed E-state index contributed by atoms with van der Waals surface area (Å²) in [5.41, 5.74) is 0.542. The van der Waals surface area contributed by atoms with Crippen molar-refractivity contribution in [3.8, 4) is 0 Å². The second-order valence-corrected chi connectivity index (χ2v) is 12.1. The molecule has 3 nitrogen and oxygen atoms in total. The van der Waals surface area contributed by atoms with Gasteiger partial charge in [-0.1, -0.05) is 82.4 Å². The number of carbonyl (C=O) groups is 1. The van der Waals surface area contributed by atoms with Gasteiger partial charge in [-0.25, -0.2) is 4.79 Å². The maximum atomic E-state index is 11.9. The standard InChI is InChI=1S/C19H31O3Si/c1-5-6-7-8-9-10-11-16-21-22-19(20)17-12-14-18(15-13-17)23(2,3)4/h12-15H,1,5-11,16H2,2-4H3. The van der Waals surface area contributed by atoms with Crippen LogP contribution in [0.1, 0.15) is 55.3 Å². The van der Waals surface area contributed by atoms with E-state index in [-0.39, 0.29) is 0 Å². The normalized spacial score (nSPS) is 11.5. The molecule has 0 atom stereocenters. The zero-order valence-corrected chi connectivity index (χ0v) is 15.9. The van der Waals surface area contributed by atoms with E-state index in [9.17, 15) is 4.79 Å². The highest BCUT2D eigenvalue weighted by Gasteiger charge is 2.17. The highest BCUT2D eigenvalue weighted by Crippen LogP contribution is 2.08. The highest BCUT2D eigenvalue weighted by atomic mass is 28.3. The van der Waals surface area contributed by atoms with Crippen LogP contribution >= 0.6 is 0 Å². The molecule has 0 unspecified atom stereocenters. The van der Waals surface area contributed by atoms with Crippen LogP contribution in [0.5, 0.6) is 0 Å². The molecule has 0 aliphatic carbocycles. The Bertz CT molecular complexity index is 449. The molecule has 0 bridgehead atoms. The van der Waals surface area contributed by atoms with Crippen molar-refractivity contribution >= 4 is 19.2 Å². The molecular formula is C19H31O3Si. The molecule has 0 fully saturated rings. The lowest BCUT2D eigenvalue weighted by atomic mass is 10.1. The summed E-state index contributed by atoms with van der Waals surface area (Å²) >= 11 is 0. The smallest absolute Gasteiger partial charge is 0.293 e. The molecule has 129 valence electrons. The van der Waals surface area contributed by atoms with Gasteiger partial charge in [0.15, 0.2) is 0 Å². The van der Waals surface area contributed by atoms with Crippen molar-refractivity contribution in [3.05, 3.63) is 36.8 Å². The number of carbonyl (C=O) groups excluding carboxylic acids is 1. The fraction of sp³-hybridized carbons (Fsp3) is 0.579. The van der Waals surface area contributed by atoms with Gasteiger partial charge in [-0.05, 0) is 18.6 Å². The minimum atomic E-state index is -1.33. The van der Waals surface area contributed by atoms with Gasteiger partial charge in [0.2, 0.25) is 0 Å². The third kappa shape index (κ3) is 8.33. The summed E-state index contributed by atoms with van der Waals surface area (Å²) in [6.07, 6.45) is 7.98. The van der Waals surface area contributed by atoms with Crippen molar-refractivity contribution in [1.29, 1.82) is 0 Å². The van der Waals surface area contributed by atoms with Crippen molar-refractivity contribution in [2.75, 3.05) is 6.61 Å². The Labute approximate surface area is 142 Å². The van der Waals surface area contributed by atoms with Crippen LogP contribution in [0.3, 0.4) is 0 Å². The lowest BCUT2D eigenvalue weighted by molar-refractivity contribution is -0.241. The number of unbranched alkanes of at least 4 members (excludes halogenated alkanes) is 6. The summed E-state index contributed by atoms with van der Waals surface area (Å²) in [6, 6.07) is 7.69. The van der Waals surface area contributed by atoms with Crippen LogP contribution in [0.4, 0.5) is 0 Å². The third-order valence-corrected chi connectivity index (χ3v) is 5.91. The summed E-state index contributed by atoms with van der Waals surface area (Å²) in [5.74, 6) is -0.414. The molecule has 0 spiro atoms. The Kier molecular flexibility index (Phi) is 9.18. The molecule has 1 radical (unpaired) electrons. The van der Waals surface area contributed by atoms with Gasteiger partial charge in [0.25, 0.3) is 0 Å². The van der Waals surface area contributed by atoms with Crippen LogP contribution in [-0.2, 0) is 9.78 Å². The van der Waals surface area contributed by atoms with E-state index < -0.39 is 14.0 Å². The van der Waals surface area contributed by atoms with E-state index in [4.69, 9.17) is 9.78 Å². The summed E-state index contributed by atoms with van der Waals surface area (Å²) in [5, 5.41) is 1.33. The molecule has 0 amide bonds. The van der Waals surface area contributed by atoms with Crippen LogP contribution < -0.4 is 5.19 Å². The van der Waals surface area contributed by atoms with Crippen LogP contribution in [0, 0.1) is 6.92 Å². The zero-order valence-electron chi connectivity index (χ0n) is 14.9. The summed E-state index contributed by atoms with van der Waals surface area (Å²) in [6.45, 7) is 11.1. The quantitative estimate of drug-likeness (QED) is 0.250. The first-order valence-corrected chi connectivity index (χ1v) is 12.2. The predicted octanol–water partition coefficient (Wildman–Crippen LogP) is 4.88. The number of rotatable bonds is 11. The highest BCUT2D eigenvalue weighted by molar-refractivity contribution is 6.88. The number of hydrogen-bond donors (Lipinski definition) is 0. The largest absolute Gasteiger partial charge is 0.373 e. The van der Waals surface area contributed by atoms with Gasteiger partial charge in [0, 0.05) is 0 Å². The van der Waals surface area contributed by atoms with E-state index in [1.165, 1.54) is 30.9 Å². The Hall–Kier alpha value is -1.13. The lowest BCUT2D eigenvalue weighted by Gasteiger charge is -2.16. The van der Waals surface area contributed by atoms with Crippen LogP contribution in [0.2, 0.25) is 19.6 Å². The molecule has 4 heteroatoms. The van der Waals surface area contributed by atoms with Crippen molar-refractivity contribution in [2.45, 2.75) is 64.6 Å². The second kappa shape index (κ2) is 10.6. The molecule has 1 rings (SSSR count). The summed E-state index contributed by atoms with van der Waals surface area (Å²) < 4.78 is 0. The van der Waals surface area contributed by atoms with Gasteiger partial charge in [0.1, 0.15) is 0 Å². The maximum Gasteiger partial charge on any atom is 0.373 e. The van der Waals surface area contributed by atoms with Crippen molar-refractivity contribution in [1.82, 2.24) is 0 Å². The fourth-order valence-electron chi connectivity index (χ4n) is 2.29. The Balaban J connectivity index is 2.17. The SMILES string of the molecule is [CH2]CCCCCCCCOOC(=O)c1ccc([Si](C)(C)C)cc1. The first-order chi connectivity index (χ1) is 10.9. The average Bonchev–Trinajstić information content (AvgIpc) is 2.52. The van der Waals surface area contributed by atoms with Crippen molar-refractivity contribution in [2.24, 2.45) is 0 Å². The van der Waals surface area contributed by atoms with E-state index in [0.717, 1.165) is 19.3 Å². The molecule has 0 aromatic heterocycles. The Morgan fingerprint density at radius 2 is 1.52 bits per heavy atom. The van der Waals surface area contributed by atoms with E-state index >= 15 is 0 Å². The molecule has 1 aromatic carbocycles. The van der Waals surface area contributed by atoms with E-state index in [1.54, 1.807) is 0 Å². The Morgan fingerprint density at radius 1 is 0.957 bits per heavy atom. The minimum absolute atomic E-state index is 0.414. The average molecular weight is 336 g/mol. The molecule has 23 heavy (non-hydrogen) atoms. The second-order valence-electron chi connectivity index (χ2n) is 6.99. The lowest BCUT2D eigenvalue weighted by Crippen LogP contribution is -2.37. The van der Waals surface area contributed by atoms with Gasteiger partial charge in [-0.3, -0.25) is 4.89 Å². The van der Waals surface area contributed by atoms with Gasteiger partial charge < -0.3 is 0 Å². The molecule has 0 saturated carbocycles. The zero-order chi connectivity index (χ0) is 17.1. The maximum absolute atomic E-state index is 11.9. The molecule has 0 saturated heterocycles. The molecule has 0 heterocycles. The first kappa shape index (κ1) is 19.9. The molecule has 0 N–H and O–H groups in total. The van der Waals surface area contributed by atoms with Crippen LogP contribution in [-0.4, -0.2) is 20.7 Å². The summed E-state index contributed by atoms with van der Waals surface area (Å²) in [7, 11) is -1.33. The van der Waals surface area contributed by atoms with Gasteiger partial charge >= 0.3 is 5.97 Å². The van der Waals surface area contributed by atoms with Gasteiger partial charge in [-0.15, -0.1) is 0 Å². The molecule has 0 aliphatic heterocycles. The van der Waals surface area contributed by atoms with Crippen LogP contribution in [0.25, 0.3) is 0 Å². The van der Waals surface area contributed by atoms with E-state index in [1.807, 2.05) is 24.3 Å². The minimum Gasteiger partial charge on any atom is -0.293 e. The van der Waals surface area contributed by atoms with Gasteiger partial charge in [-0.2, -0.15) is 4.89 Å². The summed E-state index contributed by atoms with van der Waals surface area (Å²) in [4.78, 5) is 21.8. The van der Waals surface area contributed by atoms with E-state index in [0.29, 0.717) is 12.2 Å². The fourth-order valence-corrected chi connectivity index (χ4v) is 3.46. The monoisotopic (exact) mass is 335 g/mol. The van der Waals surface area contributed by atoms with Crippen LogP contribution in [0.15, 0.2) is 24.3 Å². The predicted molar refractivity (Wildman–Crippen MR) is 98.5 cm³/mol. The van der Waals surface area contributed by atoms with Crippen molar-refractivity contribution < 1.29 is 14.6 Å². The number of hydrogen-bond acceptors (Lipinski definition) is 3. The first-order valence-electron chi connectivity index (χ1n) is 8.68. The Morgan fingerprint density at radius 3 is 2.09 bits per heavy atom. The third-order valence-electron chi connectivity index (χ3n) is 3.85. The molecule has 1 aromatic rings. The van der Waals surface area contributed by atoms with E-state index in [2.05, 4.69) is 26.6 Å². The number of benzene rings is 1. The van der Waals surface area contributed by atoms with Crippen molar-refractivity contribution in [3.63, 3.8) is 0 Å². The molecule has 0 aliphatic rings.